The summed E-state index contributed by atoms with van der Waals surface area (Å²) in [5.74, 6) is -1.44. The van der Waals surface area contributed by atoms with Gasteiger partial charge >= 0.3 is 17.3 Å². The molecule has 2 aromatic carbocycles. The van der Waals surface area contributed by atoms with Gasteiger partial charge in [-0.2, -0.15) is 0 Å². The van der Waals surface area contributed by atoms with Crippen LogP contribution >= 0.6 is 0 Å². The molecule has 0 saturated carbocycles. The quantitative estimate of drug-likeness (QED) is 0.249. The van der Waals surface area contributed by atoms with Crippen molar-refractivity contribution >= 4 is 29.1 Å². The van der Waals surface area contributed by atoms with Crippen LogP contribution in [-0.4, -0.2) is 57.0 Å². The molecular weight excluding hydrogens is 476 g/mol. The highest BCUT2D eigenvalue weighted by Gasteiger charge is 2.30. The second-order valence-electron chi connectivity index (χ2n) is 7.99. The van der Waals surface area contributed by atoms with E-state index >= 15 is 0 Å². The monoisotopic (exact) mass is 502 g/mol. The number of piperidine rings is 1. The van der Waals surface area contributed by atoms with Gasteiger partial charge < -0.3 is 9.84 Å². The molecule has 1 unspecified atom stereocenters. The van der Waals surface area contributed by atoms with E-state index in [0.717, 1.165) is 17.7 Å². The minimum Gasteiger partial charge on any atom is -0.497 e. The molecule has 0 aliphatic carbocycles. The Bertz CT molecular complexity index is 1120. The summed E-state index contributed by atoms with van der Waals surface area (Å²) in [5, 5.41) is 40.2. The second kappa shape index (κ2) is 12.9. The molecule has 1 aliphatic heterocycles. The number of likely N-dealkylation sites (tertiary alicyclic amines) is 1. The number of ether oxygens (including phenoxy) is 1. The number of nitro groups is 3. The Kier molecular flexibility index (Phi) is 9.98. The van der Waals surface area contributed by atoms with Gasteiger partial charge in [0, 0.05) is 12.6 Å². The number of hydrogen-bond acceptors (Lipinski definition) is 10. The predicted octanol–water partition coefficient (Wildman–Crippen LogP) is 4.23. The molecule has 0 amide bonds. The van der Waals surface area contributed by atoms with Crippen molar-refractivity contribution in [2.45, 2.75) is 32.2 Å². The molecule has 0 bridgehead atoms. The lowest BCUT2D eigenvalue weighted by atomic mass is 10.0. The van der Waals surface area contributed by atoms with Gasteiger partial charge in [-0.25, -0.2) is 4.79 Å². The zero-order valence-corrected chi connectivity index (χ0v) is 19.7. The summed E-state index contributed by atoms with van der Waals surface area (Å²) in [6, 6.07) is 11.4. The maximum absolute atomic E-state index is 12.0. The zero-order chi connectivity index (χ0) is 26.8. The predicted molar refractivity (Wildman–Crippen MR) is 129 cm³/mol. The van der Waals surface area contributed by atoms with Crippen molar-refractivity contribution in [3.05, 3.63) is 83.9 Å². The third-order valence-corrected chi connectivity index (χ3v) is 5.56. The number of benzene rings is 2. The number of carbonyl (C=O) groups is 1. The van der Waals surface area contributed by atoms with Crippen LogP contribution in [0.4, 0.5) is 17.1 Å². The van der Waals surface area contributed by atoms with Gasteiger partial charge in [-0.3, -0.25) is 35.2 Å². The number of methoxy groups -OCH3 is 1. The van der Waals surface area contributed by atoms with E-state index < -0.39 is 37.6 Å². The lowest BCUT2D eigenvalue weighted by Gasteiger charge is -2.33. The largest absolute Gasteiger partial charge is 0.497 e. The van der Waals surface area contributed by atoms with E-state index in [1.807, 2.05) is 36.4 Å². The normalized spacial score (nSPS) is 15.8. The lowest BCUT2D eigenvalue weighted by molar-refractivity contribution is -0.404. The van der Waals surface area contributed by atoms with E-state index in [4.69, 9.17) is 9.84 Å². The van der Waals surface area contributed by atoms with Crippen molar-refractivity contribution in [2.24, 2.45) is 0 Å². The topological polar surface area (TPSA) is 179 Å². The van der Waals surface area contributed by atoms with Gasteiger partial charge in [0.2, 0.25) is 0 Å². The van der Waals surface area contributed by atoms with Crippen LogP contribution in [0.3, 0.4) is 0 Å². The molecule has 1 fully saturated rings. The highest BCUT2D eigenvalue weighted by atomic mass is 16.6. The molecule has 1 N–H and O–H groups in total. The van der Waals surface area contributed by atoms with E-state index in [2.05, 4.69) is 11.8 Å². The van der Waals surface area contributed by atoms with Crippen molar-refractivity contribution in [1.29, 1.82) is 0 Å². The molecule has 13 nitrogen and oxygen atoms in total. The molecular formula is C23H26N4O9. The van der Waals surface area contributed by atoms with E-state index in [1.54, 1.807) is 0 Å². The van der Waals surface area contributed by atoms with Gasteiger partial charge in [0.1, 0.15) is 0 Å². The standard InChI is InChI=1S/C17H23NO2.C6H3N3O7/c1-14-8-6-7-11-18(14)13-16(17(19)20-2)12-15-9-4-3-5-10-15;10-6-4(8(13)14)1-3(7(11)12)2-5(6)9(15)16/h3-5,9-10,12,14H,6-8,11,13H2,1-2H3;1-2,10H/b16-12-;. The summed E-state index contributed by atoms with van der Waals surface area (Å²) < 4.78 is 4.93. The van der Waals surface area contributed by atoms with Crippen molar-refractivity contribution in [1.82, 2.24) is 4.90 Å². The van der Waals surface area contributed by atoms with Crippen LogP contribution in [0.25, 0.3) is 6.08 Å². The van der Waals surface area contributed by atoms with Gasteiger partial charge in [0.05, 0.1) is 39.6 Å². The minimum absolute atomic E-state index is 0.230. The van der Waals surface area contributed by atoms with Crippen LogP contribution in [0.1, 0.15) is 31.7 Å². The summed E-state index contributed by atoms with van der Waals surface area (Å²) in [6.45, 7) is 3.96. The average Bonchev–Trinajstić information content (AvgIpc) is 2.85. The molecule has 13 heteroatoms. The third kappa shape index (κ3) is 7.56. The number of carbonyl (C=O) groups excluding carboxylic acids is 1. The molecule has 1 aliphatic rings. The van der Waals surface area contributed by atoms with E-state index in [9.17, 15) is 35.1 Å². The Balaban J connectivity index is 0.000000261. The Hall–Kier alpha value is -4.39. The van der Waals surface area contributed by atoms with Gasteiger partial charge in [0.15, 0.2) is 0 Å². The average molecular weight is 502 g/mol. The van der Waals surface area contributed by atoms with Crippen molar-refractivity contribution < 1.29 is 29.4 Å². The Morgan fingerprint density at radius 3 is 2.11 bits per heavy atom. The second-order valence-corrected chi connectivity index (χ2v) is 7.99. The molecule has 0 spiro atoms. The molecule has 36 heavy (non-hydrogen) atoms. The zero-order valence-electron chi connectivity index (χ0n) is 19.7. The number of aromatic hydroxyl groups is 1. The molecule has 3 rings (SSSR count). The highest BCUT2D eigenvalue weighted by molar-refractivity contribution is 5.94. The summed E-state index contributed by atoms with van der Waals surface area (Å²) in [7, 11) is 1.45. The van der Waals surface area contributed by atoms with Crippen LogP contribution < -0.4 is 0 Å². The minimum atomic E-state index is -1.21. The van der Waals surface area contributed by atoms with Gasteiger partial charge in [-0.1, -0.05) is 36.8 Å². The molecule has 1 heterocycles. The number of esters is 1. The molecule has 0 radical (unpaired) electrons. The maximum Gasteiger partial charge on any atom is 0.335 e. The number of nitro benzene ring substituents is 3. The van der Waals surface area contributed by atoms with E-state index in [0.29, 0.717) is 24.7 Å². The molecule has 1 saturated heterocycles. The van der Waals surface area contributed by atoms with Crippen LogP contribution in [0, 0.1) is 30.3 Å². The Morgan fingerprint density at radius 1 is 1.06 bits per heavy atom. The Labute approximate surface area is 206 Å². The van der Waals surface area contributed by atoms with Crippen molar-refractivity contribution in [3.63, 3.8) is 0 Å². The maximum atomic E-state index is 12.0. The number of phenols is 1. The highest BCUT2D eigenvalue weighted by Crippen LogP contribution is 2.38. The number of phenolic OH excluding ortho intramolecular Hbond substituents is 1. The van der Waals surface area contributed by atoms with E-state index in [-0.39, 0.29) is 5.97 Å². The Morgan fingerprint density at radius 2 is 1.64 bits per heavy atom. The van der Waals surface area contributed by atoms with Crippen LogP contribution in [0.15, 0.2) is 48.0 Å². The fourth-order valence-corrected chi connectivity index (χ4v) is 3.64. The van der Waals surface area contributed by atoms with Gasteiger partial charge in [0.25, 0.3) is 11.4 Å². The molecule has 1 atom stereocenters. The van der Waals surface area contributed by atoms with Gasteiger partial charge in [-0.15, -0.1) is 0 Å². The first-order valence-corrected chi connectivity index (χ1v) is 10.9. The number of hydrogen-bond donors (Lipinski definition) is 1. The molecule has 192 valence electrons. The van der Waals surface area contributed by atoms with Crippen molar-refractivity contribution in [3.8, 4) is 5.75 Å². The first-order chi connectivity index (χ1) is 17.0. The summed E-state index contributed by atoms with van der Waals surface area (Å²) >= 11 is 0. The molecule has 0 aromatic heterocycles. The van der Waals surface area contributed by atoms with Crippen molar-refractivity contribution in [2.75, 3.05) is 20.2 Å². The number of rotatable bonds is 7. The number of non-ortho nitro benzene ring substituents is 1. The smallest absolute Gasteiger partial charge is 0.335 e. The van der Waals surface area contributed by atoms with E-state index in [1.165, 1.54) is 26.4 Å². The van der Waals surface area contributed by atoms with Crippen LogP contribution in [0.2, 0.25) is 0 Å². The summed E-state index contributed by atoms with van der Waals surface area (Å²) in [5.41, 5.74) is -1.23. The third-order valence-electron chi connectivity index (χ3n) is 5.56. The summed E-state index contributed by atoms with van der Waals surface area (Å²) in [4.78, 5) is 42.1. The van der Waals surface area contributed by atoms with Crippen LogP contribution in [-0.2, 0) is 9.53 Å². The van der Waals surface area contributed by atoms with Gasteiger partial charge in [-0.05, 0) is 37.9 Å². The first-order valence-electron chi connectivity index (χ1n) is 10.9. The lowest BCUT2D eigenvalue weighted by Crippen LogP contribution is -2.39. The molecule has 2 aromatic rings. The SMILES string of the molecule is COC(=O)/C(=C\c1ccccc1)CN1CCCCC1C.O=[N+]([O-])c1cc([N+](=O)[O-])c(O)c([N+](=O)[O-])c1. The summed E-state index contributed by atoms with van der Waals surface area (Å²) in [6.07, 6.45) is 5.64. The fourth-order valence-electron chi connectivity index (χ4n) is 3.64. The number of nitrogens with zero attached hydrogens (tertiary/aromatic N) is 4. The fraction of sp³-hybridized carbons (Fsp3) is 0.348. The van der Waals surface area contributed by atoms with Crippen LogP contribution in [0.5, 0.6) is 5.75 Å². The first kappa shape index (κ1) is 27.9.